The molecule has 0 aromatic heterocycles. The highest BCUT2D eigenvalue weighted by atomic mass is 16.4. The maximum atomic E-state index is 11.8. The molecule has 1 heterocycles. The molecule has 1 aliphatic carbocycles. The lowest BCUT2D eigenvalue weighted by Gasteiger charge is -2.31. The van der Waals surface area contributed by atoms with Crippen molar-refractivity contribution >= 4 is 12.1 Å². The number of carbonyl (C=O) groups is 2. The lowest BCUT2D eigenvalue weighted by Crippen LogP contribution is -2.51. The molecule has 0 unspecified atom stereocenters. The normalized spacial score (nSPS) is 22.0. The van der Waals surface area contributed by atoms with Crippen LogP contribution < -0.4 is 10.6 Å². The van der Waals surface area contributed by atoms with E-state index in [2.05, 4.69) is 10.6 Å². The largest absolute Gasteiger partial charge is 0.465 e. The molecule has 3 N–H and O–H groups in total. The number of carboxylic acid groups (broad SMARTS) is 1. The van der Waals surface area contributed by atoms with Gasteiger partial charge in [-0.1, -0.05) is 19.3 Å². The quantitative estimate of drug-likeness (QED) is 0.714. The summed E-state index contributed by atoms with van der Waals surface area (Å²) in [5, 5.41) is 14.8. The molecule has 6 nitrogen and oxygen atoms in total. The van der Waals surface area contributed by atoms with Crippen LogP contribution in [0.2, 0.25) is 0 Å². The van der Waals surface area contributed by atoms with Gasteiger partial charge >= 0.3 is 12.1 Å². The van der Waals surface area contributed by atoms with Crippen molar-refractivity contribution < 1.29 is 14.7 Å². The third kappa shape index (κ3) is 4.29. The van der Waals surface area contributed by atoms with E-state index in [-0.39, 0.29) is 12.1 Å². The topological polar surface area (TPSA) is 81.7 Å². The second-order valence-corrected chi connectivity index (χ2v) is 5.50. The fraction of sp³-hybridized carbons (Fsp3) is 0.846. The summed E-state index contributed by atoms with van der Waals surface area (Å²) in [4.78, 5) is 24.0. The first-order valence-electron chi connectivity index (χ1n) is 7.20. The molecular formula is C13H23N3O3. The van der Waals surface area contributed by atoms with E-state index in [1.54, 1.807) is 0 Å². The van der Waals surface area contributed by atoms with Crippen LogP contribution in [0.4, 0.5) is 9.59 Å². The number of amides is 3. The monoisotopic (exact) mass is 269 g/mol. The van der Waals surface area contributed by atoms with Crippen molar-refractivity contribution in [3.63, 3.8) is 0 Å². The standard InChI is InChI=1S/C13H23N3O3/c17-12(14-10-4-2-1-3-5-10)15-11-6-8-16(9-7-11)13(18)19/h10-11H,1-9H2,(H,18,19)(H2,14,15,17). The van der Waals surface area contributed by atoms with Crippen LogP contribution in [0, 0.1) is 0 Å². The van der Waals surface area contributed by atoms with Gasteiger partial charge in [-0.05, 0) is 25.7 Å². The highest BCUT2D eigenvalue weighted by Gasteiger charge is 2.24. The molecule has 108 valence electrons. The third-order valence-electron chi connectivity index (χ3n) is 4.04. The first-order chi connectivity index (χ1) is 9.15. The second-order valence-electron chi connectivity index (χ2n) is 5.50. The molecule has 1 saturated heterocycles. The minimum Gasteiger partial charge on any atom is -0.465 e. The Morgan fingerprint density at radius 1 is 0.895 bits per heavy atom. The molecule has 0 spiro atoms. The van der Waals surface area contributed by atoms with Crippen LogP contribution in [0.3, 0.4) is 0 Å². The first-order valence-corrected chi connectivity index (χ1v) is 7.20. The van der Waals surface area contributed by atoms with Gasteiger partial charge in [-0.3, -0.25) is 0 Å². The molecule has 2 fully saturated rings. The molecule has 2 rings (SSSR count). The Balaban J connectivity index is 1.67. The Bertz CT molecular complexity index is 321. The van der Waals surface area contributed by atoms with Gasteiger partial charge in [-0.25, -0.2) is 9.59 Å². The highest BCUT2D eigenvalue weighted by molar-refractivity contribution is 5.74. The number of hydrogen-bond donors (Lipinski definition) is 3. The van der Waals surface area contributed by atoms with Gasteiger partial charge < -0.3 is 20.6 Å². The van der Waals surface area contributed by atoms with E-state index in [0.29, 0.717) is 32.0 Å². The zero-order chi connectivity index (χ0) is 13.7. The fourth-order valence-corrected chi connectivity index (χ4v) is 2.87. The Kier molecular flexibility index (Phi) is 4.87. The van der Waals surface area contributed by atoms with Crippen LogP contribution in [0.25, 0.3) is 0 Å². The van der Waals surface area contributed by atoms with Crippen LogP contribution in [0.15, 0.2) is 0 Å². The zero-order valence-electron chi connectivity index (χ0n) is 11.2. The lowest BCUT2D eigenvalue weighted by atomic mass is 9.96. The third-order valence-corrected chi connectivity index (χ3v) is 4.04. The Labute approximate surface area is 113 Å². The lowest BCUT2D eigenvalue weighted by molar-refractivity contribution is 0.129. The number of likely N-dealkylation sites (tertiary alicyclic amines) is 1. The number of nitrogens with one attached hydrogen (secondary N) is 2. The number of piperidine rings is 1. The molecule has 0 radical (unpaired) electrons. The Morgan fingerprint density at radius 3 is 1.95 bits per heavy atom. The molecule has 0 atom stereocenters. The SMILES string of the molecule is O=C(NC1CCCCC1)NC1CCN(C(=O)O)CC1. The molecule has 1 aliphatic heterocycles. The van der Waals surface area contributed by atoms with Gasteiger partial charge in [-0.15, -0.1) is 0 Å². The number of carbonyl (C=O) groups excluding carboxylic acids is 1. The summed E-state index contributed by atoms with van der Waals surface area (Å²) in [7, 11) is 0. The van der Waals surface area contributed by atoms with Gasteiger partial charge in [0.05, 0.1) is 0 Å². The minimum atomic E-state index is -0.870. The minimum absolute atomic E-state index is 0.0965. The van der Waals surface area contributed by atoms with Crippen LogP contribution in [-0.2, 0) is 0 Å². The van der Waals surface area contributed by atoms with Crippen LogP contribution in [0.1, 0.15) is 44.9 Å². The summed E-state index contributed by atoms with van der Waals surface area (Å²) in [6.07, 6.45) is 6.34. The molecule has 19 heavy (non-hydrogen) atoms. The summed E-state index contributed by atoms with van der Waals surface area (Å²) in [6, 6.07) is 0.313. The van der Waals surface area contributed by atoms with Gasteiger partial charge in [0.25, 0.3) is 0 Å². The molecule has 1 saturated carbocycles. The summed E-state index contributed by atoms with van der Waals surface area (Å²) >= 11 is 0. The molecule has 0 bridgehead atoms. The average molecular weight is 269 g/mol. The first kappa shape index (κ1) is 14.0. The Hall–Kier alpha value is -1.46. The summed E-state index contributed by atoms with van der Waals surface area (Å²) in [6.45, 7) is 1.01. The van der Waals surface area contributed by atoms with E-state index < -0.39 is 6.09 Å². The van der Waals surface area contributed by atoms with Crippen molar-refractivity contribution in [2.24, 2.45) is 0 Å². The van der Waals surface area contributed by atoms with Crippen molar-refractivity contribution in [2.45, 2.75) is 57.0 Å². The van der Waals surface area contributed by atoms with Crippen molar-refractivity contribution in [1.29, 1.82) is 0 Å². The highest BCUT2D eigenvalue weighted by Crippen LogP contribution is 2.17. The smallest absolute Gasteiger partial charge is 0.407 e. The fourth-order valence-electron chi connectivity index (χ4n) is 2.87. The van der Waals surface area contributed by atoms with Gasteiger partial charge in [0, 0.05) is 25.2 Å². The summed E-state index contributed by atoms with van der Waals surface area (Å²) in [5.74, 6) is 0. The molecule has 0 aromatic rings. The zero-order valence-corrected chi connectivity index (χ0v) is 11.2. The van der Waals surface area contributed by atoms with E-state index in [0.717, 1.165) is 12.8 Å². The van der Waals surface area contributed by atoms with Crippen molar-refractivity contribution in [3.05, 3.63) is 0 Å². The molecule has 3 amide bonds. The predicted octanol–water partition coefficient (Wildman–Crippen LogP) is 1.76. The maximum absolute atomic E-state index is 11.8. The molecular weight excluding hydrogens is 246 g/mol. The van der Waals surface area contributed by atoms with Crippen LogP contribution in [-0.4, -0.2) is 47.3 Å². The molecule has 6 heteroatoms. The van der Waals surface area contributed by atoms with Crippen LogP contribution in [0.5, 0.6) is 0 Å². The van der Waals surface area contributed by atoms with Crippen LogP contribution >= 0.6 is 0 Å². The molecule has 0 aromatic carbocycles. The van der Waals surface area contributed by atoms with E-state index in [4.69, 9.17) is 5.11 Å². The van der Waals surface area contributed by atoms with Crippen molar-refractivity contribution in [2.75, 3.05) is 13.1 Å². The number of rotatable bonds is 2. The number of urea groups is 1. The predicted molar refractivity (Wildman–Crippen MR) is 71.2 cm³/mol. The van der Waals surface area contributed by atoms with Gasteiger partial charge in [0.2, 0.25) is 0 Å². The summed E-state index contributed by atoms with van der Waals surface area (Å²) in [5.41, 5.74) is 0. The van der Waals surface area contributed by atoms with Crippen molar-refractivity contribution in [1.82, 2.24) is 15.5 Å². The maximum Gasteiger partial charge on any atom is 0.407 e. The number of nitrogens with zero attached hydrogens (tertiary/aromatic N) is 1. The van der Waals surface area contributed by atoms with Gasteiger partial charge in [0.1, 0.15) is 0 Å². The number of hydrogen-bond acceptors (Lipinski definition) is 2. The van der Waals surface area contributed by atoms with Gasteiger partial charge in [-0.2, -0.15) is 0 Å². The Morgan fingerprint density at radius 2 is 1.42 bits per heavy atom. The average Bonchev–Trinajstić information content (AvgIpc) is 2.40. The van der Waals surface area contributed by atoms with E-state index in [1.165, 1.54) is 24.2 Å². The van der Waals surface area contributed by atoms with Crippen molar-refractivity contribution in [3.8, 4) is 0 Å². The van der Waals surface area contributed by atoms with Gasteiger partial charge in [0.15, 0.2) is 0 Å². The van der Waals surface area contributed by atoms with E-state index in [9.17, 15) is 9.59 Å². The second kappa shape index (κ2) is 6.63. The summed E-state index contributed by atoms with van der Waals surface area (Å²) < 4.78 is 0. The molecule has 2 aliphatic rings. The van der Waals surface area contributed by atoms with E-state index >= 15 is 0 Å². The van der Waals surface area contributed by atoms with E-state index in [1.807, 2.05) is 0 Å².